The van der Waals surface area contributed by atoms with Gasteiger partial charge in [-0.1, -0.05) is 38.5 Å². The number of esters is 3. The zero-order valence-electron chi connectivity index (χ0n) is 48.1. The van der Waals surface area contributed by atoms with Gasteiger partial charge in [-0.3, -0.25) is 0 Å². The van der Waals surface area contributed by atoms with Crippen LogP contribution in [0.1, 0.15) is 183 Å². The van der Waals surface area contributed by atoms with Gasteiger partial charge >= 0.3 is 33.7 Å². The molecule has 0 amide bonds. The quantitative estimate of drug-likeness (QED) is 0.0556. The van der Waals surface area contributed by atoms with Crippen LogP contribution in [-0.2, 0) is 77.9 Å². The molecule has 12 unspecified atom stereocenters. The second kappa shape index (κ2) is 30.5. The van der Waals surface area contributed by atoms with Gasteiger partial charge in [-0.05, 0) is 150 Å². The van der Waals surface area contributed by atoms with E-state index in [1.165, 1.54) is 38.5 Å². The lowest BCUT2D eigenvalue weighted by molar-refractivity contribution is -0.168. The molecule has 4 aliphatic heterocycles. The lowest BCUT2D eigenvalue weighted by atomic mass is 9.98. The standard InChI is InChI=1S/C12H18F2O6S.C11H16F2O7S.C11H16F2O6S2.3C6H12O/c1-7(12(13,14)21(16,17)18)20-11(15)6-19-10-5-8-2-3-9(10)4-8;1-6(11(12,13)21(15,16)17)19-10(14)5-18-9-4-7-2-3-8(9)20-7;1-6(11(12,13)21(15,16)17)19-10(14)5-18-8-4-7-2-3-9(8)20-7;3*1-6(7)4-2-3-5-6/h7-10H,2-6H2,1H3,(H,16,17,18);2*6-9H,2-5H2,1H3,(H,15,16,17);3*7H,2-5H2,1H3/p-3. The molecule has 492 valence electrons. The van der Waals surface area contributed by atoms with Crippen LogP contribution in [0.2, 0.25) is 0 Å². The first-order valence-electron chi connectivity index (χ1n) is 28.4. The molecular formula is C52H83F6O22S4-3. The Balaban J connectivity index is 0.000000230. The van der Waals surface area contributed by atoms with E-state index in [0.717, 1.165) is 96.3 Å². The lowest BCUT2D eigenvalue weighted by Crippen LogP contribution is -2.42. The average Bonchev–Trinajstić information content (AvgIpc) is 4.41. The van der Waals surface area contributed by atoms with E-state index in [0.29, 0.717) is 49.5 Å². The molecule has 0 aromatic rings. The molecule has 84 heavy (non-hydrogen) atoms. The summed E-state index contributed by atoms with van der Waals surface area (Å²) in [6, 6.07) is 0. The molecule has 0 radical (unpaired) electrons. The fourth-order valence-electron chi connectivity index (χ4n) is 11.4. The monoisotopic (exact) mass is 1300 g/mol. The molecule has 0 spiro atoms. The lowest BCUT2D eigenvalue weighted by Gasteiger charge is -2.26. The van der Waals surface area contributed by atoms with E-state index in [4.69, 9.17) is 18.9 Å². The Morgan fingerprint density at radius 1 is 0.524 bits per heavy atom. The zero-order valence-corrected chi connectivity index (χ0v) is 51.4. The Kier molecular flexibility index (Phi) is 27.0. The van der Waals surface area contributed by atoms with Crippen LogP contribution in [0.25, 0.3) is 0 Å². The molecule has 3 N–H and O–H groups in total. The van der Waals surface area contributed by atoms with Gasteiger partial charge in [0.05, 0.1) is 47.3 Å². The second-order valence-corrected chi connectivity index (χ2v) is 29.9. The predicted octanol–water partition coefficient (Wildman–Crippen LogP) is 6.70. The number of hydrogen-bond acceptors (Lipinski definition) is 23. The van der Waals surface area contributed by atoms with Crippen LogP contribution in [-0.4, -0.2) is 184 Å². The highest BCUT2D eigenvalue weighted by Gasteiger charge is 2.50. The summed E-state index contributed by atoms with van der Waals surface area (Å²) in [6.07, 6.45) is 15.1. The minimum atomic E-state index is -5.91. The summed E-state index contributed by atoms with van der Waals surface area (Å²) in [5.41, 5.74) is -0.917. The maximum Gasteiger partial charge on any atom is 0.370 e. The first kappa shape index (κ1) is 74.3. The van der Waals surface area contributed by atoms with E-state index in [9.17, 15) is 95.0 Å². The summed E-state index contributed by atoms with van der Waals surface area (Å²) >= 11 is 1.80. The largest absolute Gasteiger partial charge is 0.743 e. The maximum absolute atomic E-state index is 13.1. The summed E-state index contributed by atoms with van der Waals surface area (Å²) in [6.45, 7) is 6.04. The van der Waals surface area contributed by atoms with Crippen molar-refractivity contribution in [2.24, 2.45) is 11.8 Å². The van der Waals surface area contributed by atoms with E-state index in [1.54, 1.807) is 11.8 Å². The summed E-state index contributed by atoms with van der Waals surface area (Å²) in [7, 11) is -17.7. The Bertz CT molecular complexity index is 2200. The van der Waals surface area contributed by atoms with Crippen molar-refractivity contribution < 1.29 is 128 Å². The van der Waals surface area contributed by atoms with Gasteiger partial charge in [0, 0.05) is 16.9 Å². The fourth-order valence-corrected chi connectivity index (χ4v) is 14.4. The van der Waals surface area contributed by atoms with Gasteiger partial charge in [0.15, 0.2) is 48.7 Å². The minimum Gasteiger partial charge on any atom is -0.743 e. The van der Waals surface area contributed by atoms with Gasteiger partial charge in [-0.15, -0.1) is 0 Å². The van der Waals surface area contributed by atoms with E-state index in [1.807, 2.05) is 20.8 Å². The summed E-state index contributed by atoms with van der Waals surface area (Å²) in [5.74, 6) is -2.38. The van der Waals surface area contributed by atoms with Crippen molar-refractivity contribution in [3.8, 4) is 0 Å². The van der Waals surface area contributed by atoms with Crippen molar-refractivity contribution in [3.05, 3.63) is 0 Å². The third-order valence-electron chi connectivity index (χ3n) is 16.4. The molecular weight excluding hydrogens is 1220 g/mol. The molecule has 6 bridgehead atoms. The molecule has 9 fully saturated rings. The van der Waals surface area contributed by atoms with Crippen molar-refractivity contribution in [3.63, 3.8) is 0 Å². The topological polar surface area (TPSA) is 348 Å². The van der Waals surface area contributed by atoms with Crippen LogP contribution >= 0.6 is 11.8 Å². The van der Waals surface area contributed by atoms with Crippen LogP contribution in [0.5, 0.6) is 0 Å². The molecule has 9 aliphatic rings. The van der Waals surface area contributed by atoms with Gasteiger partial charge in [0.1, 0.15) is 19.8 Å². The van der Waals surface area contributed by atoms with Gasteiger partial charge in [-0.25, -0.2) is 39.6 Å². The molecule has 4 saturated heterocycles. The molecule has 12 atom stereocenters. The third kappa shape index (κ3) is 22.7. The van der Waals surface area contributed by atoms with Crippen molar-refractivity contribution in [1.29, 1.82) is 0 Å². The molecule has 9 rings (SSSR count). The molecule has 5 aliphatic carbocycles. The number of ether oxygens (including phenoxy) is 7. The summed E-state index contributed by atoms with van der Waals surface area (Å²) < 4.78 is 206. The summed E-state index contributed by atoms with van der Waals surface area (Å²) in [4.78, 5) is 34.2. The minimum absolute atomic E-state index is 0.0737. The number of halogens is 6. The van der Waals surface area contributed by atoms with Crippen LogP contribution in [0.3, 0.4) is 0 Å². The van der Waals surface area contributed by atoms with Crippen molar-refractivity contribution in [2.45, 2.75) is 275 Å². The number of alkyl halides is 6. The smallest absolute Gasteiger partial charge is 0.370 e. The third-order valence-corrected chi connectivity index (χ3v) is 21.1. The number of carbonyl (C=O) groups excluding carboxylic acids is 3. The molecule has 0 aromatic heterocycles. The van der Waals surface area contributed by atoms with Crippen LogP contribution < -0.4 is 0 Å². The van der Waals surface area contributed by atoms with Crippen molar-refractivity contribution in [2.75, 3.05) is 19.8 Å². The molecule has 5 saturated carbocycles. The highest BCUT2D eigenvalue weighted by atomic mass is 32.2. The normalized spacial score (nSPS) is 29.9. The summed E-state index contributed by atoms with van der Waals surface area (Å²) in [5, 5.41) is 14.4. The first-order valence-corrected chi connectivity index (χ1v) is 33.5. The number of thioether (sulfide) groups is 1. The highest BCUT2D eigenvalue weighted by molar-refractivity contribution is 8.01. The Morgan fingerprint density at radius 3 is 1.14 bits per heavy atom. The van der Waals surface area contributed by atoms with E-state index >= 15 is 0 Å². The maximum atomic E-state index is 13.1. The number of fused-ring (bicyclic) bond motifs is 6. The predicted molar refractivity (Wildman–Crippen MR) is 284 cm³/mol. The fraction of sp³-hybridized carbons (Fsp3) is 0.942. The molecule has 22 nitrogen and oxygen atoms in total. The number of aliphatic hydroxyl groups is 3. The van der Waals surface area contributed by atoms with E-state index in [-0.39, 0.29) is 47.3 Å². The van der Waals surface area contributed by atoms with Crippen molar-refractivity contribution in [1.82, 2.24) is 0 Å². The number of rotatable bonds is 18. The van der Waals surface area contributed by atoms with Crippen LogP contribution in [0.4, 0.5) is 26.3 Å². The van der Waals surface area contributed by atoms with Gasteiger partial charge in [0.2, 0.25) is 0 Å². The second-order valence-electron chi connectivity index (χ2n) is 24.0. The zero-order chi connectivity index (χ0) is 63.5. The highest BCUT2D eigenvalue weighted by Crippen LogP contribution is 2.48. The van der Waals surface area contributed by atoms with Gasteiger partial charge in [0.25, 0.3) is 0 Å². The average molecular weight is 1300 g/mol. The molecule has 32 heteroatoms. The van der Waals surface area contributed by atoms with E-state index in [2.05, 4.69) is 14.2 Å². The molecule has 0 aromatic carbocycles. The van der Waals surface area contributed by atoms with Crippen LogP contribution in [0.15, 0.2) is 0 Å². The van der Waals surface area contributed by atoms with Crippen molar-refractivity contribution >= 4 is 60.0 Å². The number of carbonyl (C=O) groups is 3. The Morgan fingerprint density at radius 2 is 0.893 bits per heavy atom. The van der Waals surface area contributed by atoms with Gasteiger partial charge < -0.3 is 62.1 Å². The molecule has 4 heterocycles. The SMILES string of the molecule is CC(OC(=O)COC1CC2CCC1C2)C(F)(F)S(=O)(=O)[O-].CC(OC(=O)COC1CC2CCC1O2)C(F)(F)S(=O)(=O)[O-].CC(OC(=O)COC1CC2CCC1S2)C(F)(F)S(=O)(=O)[O-].CC1(O)CCCC1.CC1(O)CCCC1.CC1(O)CCCC1. The van der Waals surface area contributed by atoms with Gasteiger partial charge in [-0.2, -0.15) is 38.1 Å². The van der Waals surface area contributed by atoms with Crippen LogP contribution in [0, 0.1) is 11.8 Å². The Labute approximate surface area is 492 Å². The first-order chi connectivity index (χ1) is 38.4. The Hall–Kier alpha value is -2.21. The van der Waals surface area contributed by atoms with E-state index < -0.39 is 102 Å². The number of hydrogen-bond donors (Lipinski definition) is 3.